The minimum absolute atomic E-state index is 0.380. The molecule has 1 aromatic rings. The van der Waals surface area contributed by atoms with Crippen molar-refractivity contribution in [3.63, 3.8) is 0 Å². The molecule has 0 saturated carbocycles. The molecule has 0 spiro atoms. The van der Waals surface area contributed by atoms with Crippen molar-refractivity contribution < 1.29 is 0 Å². The van der Waals surface area contributed by atoms with E-state index < -0.39 is 0 Å². The van der Waals surface area contributed by atoms with Crippen LogP contribution in [0, 0.1) is 0 Å². The third kappa shape index (κ3) is 3.70. The van der Waals surface area contributed by atoms with Crippen molar-refractivity contribution in [3.8, 4) is 0 Å². The Balaban J connectivity index is 2.78. The van der Waals surface area contributed by atoms with Crippen LogP contribution in [0.1, 0.15) is 45.9 Å². The highest BCUT2D eigenvalue weighted by Crippen LogP contribution is 2.18. The molecule has 0 aliphatic rings. The Labute approximate surface area is 105 Å². The Morgan fingerprint density at radius 2 is 1.88 bits per heavy atom. The summed E-state index contributed by atoms with van der Waals surface area (Å²) in [6.07, 6.45) is 3.06. The topological polar surface area (TPSA) is 28.2 Å². The molecule has 96 valence electrons. The Hall–Kier alpha value is -1.09. The van der Waals surface area contributed by atoms with Crippen molar-refractivity contribution in [2.75, 3.05) is 24.5 Å². The summed E-state index contributed by atoms with van der Waals surface area (Å²) in [6, 6.07) is 4.70. The number of hydrogen-bond acceptors (Lipinski definition) is 3. The Morgan fingerprint density at radius 3 is 2.29 bits per heavy atom. The van der Waals surface area contributed by atoms with Gasteiger partial charge in [0, 0.05) is 19.1 Å². The van der Waals surface area contributed by atoms with Crippen molar-refractivity contribution in [1.29, 1.82) is 0 Å². The van der Waals surface area contributed by atoms with E-state index in [4.69, 9.17) is 0 Å². The molecular formula is C14H25N3. The lowest BCUT2D eigenvalue weighted by Crippen LogP contribution is -2.23. The highest BCUT2D eigenvalue weighted by atomic mass is 15.1. The molecule has 0 radical (unpaired) electrons. The summed E-state index contributed by atoms with van der Waals surface area (Å²) in [5.74, 6) is 0. The van der Waals surface area contributed by atoms with E-state index in [1.165, 1.54) is 5.69 Å². The first kappa shape index (κ1) is 14.0. The van der Waals surface area contributed by atoms with Crippen LogP contribution in [0.5, 0.6) is 0 Å². The Bertz CT molecular complexity index is 304. The fraction of sp³-hybridized carbons (Fsp3) is 0.643. The lowest BCUT2D eigenvalue weighted by atomic mass is 10.1. The number of rotatable bonds is 7. The Kier molecular flexibility index (Phi) is 5.98. The third-order valence-electron chi connectivity index (χ3n) is 3.12. The SMILES string of the molecule is CCNC(CC)c1ccc(N(CC)CC)cn1. The van der Waals surface area contributed by atoms with Crippen LogP contribution in [0.25, 0.3) is 0 Å². The second-order valence-corrected chi connectivity index (χ2v) is 4.13. The van der Waals surface area contributed by atoms with Crippen molar-refractivity contribution in [2.45, 2.75) is 40.2 Å². The van der Waals surface area contributed by atoms with Gasteiger partial charge in [0.15, 0.2) is 0 Å². The Morgan fingerprint density at radius 1 is 1.18 bits per heavy atom. The third-order valence-corrected chi connectivity index (χ3v) is 3.12. The summed E-state index contributed by atoms with van der Waals surface area (Å²) in [6.45, 7) is 11.7. The van der Waals surface area contributed by atoms with E-state index >= 15 is 0 Å². The number of hydrogen-bond donors (Lipinski definition) is 1. The molecule has 3 nitrogen and oxygen atoms in total. The molecule has 0 amide bonds. The first-order chi connectivity index (χ1) is 8.26. The summed E-state index contributed by atoms with van der Waals surface area (Å²) in [7, 11) is 0. The molecule has 1 atom stereocenters. The summed E-state index contributed by atoms with van der Waals surface area (Å²) in [4.78, 5) is 6.89. The number of anilines is 1. The first-order valence-corrected chi connectivity index (χ1v) is 6.70. The lowest BCUT2D eigenvalue weighted by Gasteiger charge is -2.22. The van der Waals surface area contributed by atoms with Gasteiger partial charge in [-0.2, -0.15) is 0 Å². The quantitative estimate of drug-likeness (QED) is 0.787. The average Bonchev–Trinajstić information content (AvgIpc) is 2.38. The van der Waals surface area contributed by atoms with Crippen LogP contribution in [-0.4, -0.2) is 24.6 Å². The first-order valence-electron chi connectivity index (χ1n) is 6.70. The van der Waals surface area contributed by atoms with Crippen LogP contribution in [0.2, 0.25) is 0 Å². The van der Waals surface area contributed by atoms with E-state index in [0.717, 1.165) is 31.7 Å². The predicted octanol–water partition coefficient (Wildman–Crippen LogP) is 2.99. The van der Waals surface area contributed by atoms with Crippen LogP contribution in [0.15, 0.2) is 18.3 Å². The maximum Gasteiger partial charge on any atom is 0.0574 e. The maximum absolute atomic E-state index is 4.58. The predicted molar refractivity (Wildman–Crippen MR) is 74.5 cm³/mol. The average molecular weight is 235 g/mol. The van der Waals surface area contributed by atoms with Gasteiger partial charge in [0.1, 0.15) is 0 Å². The molecule has 1 rings (SSSR count). The zero-order chi connectivity index (χ0) is 12.7. The molecule has 1 aromatic heterocycles. The monoisotopic (exact) mass is 235 g/mol. The molecule has 1 unspecified atom stereocenters. The van der Waals surface area contributed by atoms with Crippen LogP contribution in [0.4, 0.5) is 5.69 Å². The summed E-state index contributed by atoms with van der Waals surface area (Å²) >= 11 is 0. The second kappa shape index (κ2) is 7.28. The van der Waals surface area contributed by atoms with Crippen LogP contribution >= 0.6 is 0 Å². The van der Waals surface area contributed by atoms with Gasteiger partial charge < -0.3 is 10.2 Å². The van der Waals surface area contributed by atoms with E-state index in [1.54, 1.807) is 0 Å². The molecule has 1 heterocycles. The molecule has 0 fully saturated rings. The second-order valence-electron chi connectivity index (χ2n) is 4.13. The number of nitrogens with one attached hydrogen (secondary N) is 1. The van der Waals surface area contributed by atoms with Gasteiger partial charge in [-0.05, 0) is 38.9 Å². The smallest absolute Gasteiger partial charge is 0.0574 e. The van der Waals surface area contributed by atoms with E-state index in [0.29, 0.717) is 6.04 Å². The zero-order valence-corrected chi connectivity index (χ0v) is 11.5. The van der Waals surface area contributed by atoms with Gasteiger partial charge in [0.25, 0.3) is 0 Å². The molecule has 0 saturated heterocycles. The number of pyridine rings is 1. The van der Waals surface area contributed by atoms with Gasteiger partial charge in [-0.15, -0.1) is 0 Å². The van der Waals surface area contributed by atoms with E-state index in [9.17, 15) is 0 Å². The van der Waals surface area contributed by atoms with Gasteiger partial charge >= 0.3 is 0 Å². The van der Waals surface area contributed by atoms with Crippen molar-refractivity contribution in [1.82, 2.24) is 10.3 Å². The number of aromatic nitrogens is 1. The van der Waals surface area contributed by atoms with Crippen LogP contribution in [-0.2, 0) is 0 Å². The molecule has 0 aliphatic carbocycles. The molecule has 0 aliphatic heterocycles. The van der Waals surface area contributed by atoms with Gasteiger partial charge in [-0.1, -0.05) is 13.8 Å². The van der Waals surface area contributed by atoms with Crippen molar-refractivity contribution in [3.05, 3.63) is 24.0 Å². The van der Waals surface area contributed by atoms with Crippen LogP contribution in [0.3, 0.4) is 0 Å². The summed E-state index contributed by atoms with van der Waals surface area (Å²) in [5, 5.41) is 3.45. The highest BCUT2D eigenvalue weighted by molar-refractivity contribution is 5.44. The van der Waals surface area contributed by atoms with E-state index in [2.05, 4.69) is 55.0 Å². The van der Waals surface area contributed by atoms with Crippen molar-refractivity contribution in [2.24, 2.45) is 0 Å². The summed E-state index contributed by atoms with van der Waals surface area (Å²) < 4.78 is 0. The van der Waals surface area contributed by atoms with Crippen molar-refractivity contribution >= 4 is 5.69 Å². The fourth-order valence-corrected chi connectivity index (χ4v) is 2.08. The lowest BCUT2D eigenvalue weighted by molar-refractivity contribution is 0.525. The normalized spacial score (nSPS) is 12.5. The van der Waals surface area contributed by atoms with Gasteiger partial charge in [0.05, 0.1) is 17.6 Å². The molecule has 17 heavy (non-hydrogen) atoms. The zero-order valence-electron chi connectivity index (χ0n) is 11.5. The standard InChI is InChI=1S/C14H25N3/c1-5-13(15-6-2)14-10-9-12(11-16-14)17(7-3)8-4/h9-11,13,15H,5-8H2,1-4H3. The van der Waals surface area contributed by atoms with E-state index in [1.807, 2.05) is 6.20 Å². The number of nitrogens with zero attached hydrogens (tertiary/aromatic N) is 2. The molecular weight excluding hydrogens is 210 g/mol. The molecule has 1 N–H and O–H groups in total. The summed E-state index contributed by atoms with van der Waals surface area (Å²) in [5.41, 5.74) is 2.36. The van der Waals surface area contributed by atoms with E-state index in [-0.39, 0.29) is 0 Å². The van der Waals surface area contributed by atoms with Gasteiger partial charge in [-0.25, -0.2) is 0 Å². The largest absolute Gasteiger partial charge is 0.371 e. The minimum Gasteiger partial charge on any atom is -0.371 e. The highest BCUT2D eigenvalue weighted by Gasteiger charge is 2.09. The molecule has 0 bridgehead atoms. The maximum atomic E-state index is 4.58. The molecule has 3 heteroatoms. The van der Waals surface area contributed by atoms with Gasteiger partial charge in [0.2, 0.25) is 0 Å². The van der Waals surface area contributed by atoms with Crippen LogP contribution < -0.4 is 10.2 Å². The minimum atomic E-state index is 0.380. The molecule has 0 aromatic carbocycles. The fourth-order valence-electron chi connectivity index (χ4n) is 2.08. The van der Waals surface area contributed by atoms with Gasteiger partial charge in [-0.3, -0.25) is 4.98 Å².